The molecule has 328 valence electrons. The first-order valence-corrected chi connectivity index (χ1v) is 22.2. The number of Topliss-reactive ketones (excluding diaryl/α,β-unsaturated/α-hetero) is 1. The number of fused-ring (bicyclic) bond motifs is 4. The number of rotatable bonds is 12. The highest BCUT2D eigenvalue weighted by Crippen LogP contribution is 2.68. The third-order valence-electron chi connectivity index (χ3n) is 11.5. The van der Waals surface area contributed by atoms with E-state index < -0.39 is 98.3 Å². The minimum Gasteiger partial charge on any atom is -0.303 e. The van der Waals surface area contributed by atoms with Gasteiger partial charge in [0.15, 0.2) is 21.3 Å². The van der Waals surface area contributed by atoms with Crippen LogP contribution in [0.5, 0.6) is 0 Å². The molecule has 3 aromatic heterocycles. The number of alkyl halides is 5. The monoisotopic (exact) mass is 903 g/mol. The summed E-state index contributed by atoms with van der Waals surface area (Å²) in [4.78, 5) is 21.3. The Morgan fingerprint density at radius 2 is 1.71 bits per heavy atom. The third kappa shape index (κ3) is 8.60. The van der Waals surface area contributed by atoms with E-state index in [0.717, 1.165) is 31.5 Å². The molecule has 3 atom stereocenters. The number of nitrogens with one attached hydrogen (secondary N) is 1. The number of hydrogen-bond donors (Lipinski definition) is 1. The van der Waals surface area contributed by atoms with E-state index in [9.17, 15) is 35.2 Å². The highest BCUT2D eigenvalue weighted by Gasteiger charge is 2.68. The second kappa shape index (κ2) is 15.5. The third-order valence-corrected chi connectivity index (χ3v) is 12.7. The second-order valence-electron chi connectivity index (χ2n) is 17.3. The van der Waals surface area contributed by atoms with Crippen LogP contribution < -0.4 is 5.32 Å². The van der Waals surface area contributed by atoms with Crippen molar-refractivity contribution in [2.24, 2.45) is 13.0 Å². The van der Waals surface area contributed by atoms with Crippen LogP contribution in [0, 0.1) is 29.4 Å². The Bertz CT molecular complexity index is 2800. The minimum atomic E-state index is -5.05. The van der Waals surface area contributed by atoms with E-state index in [4.69, 9.17) is 16.6 Å². The predicted octanol–water partition coefficient (Wildman–Crippen LogP) is 7.56. The van der Waals surface area contributed by atoms with Crippen LogP contribution in [0.4, 0.5) is 30.7 Å². The number of aryl methyl sites for hydroxylation is 1. The molecule has 2 aliphatic carbocycles. The van der Waals surface area contributed by atoms with Crippen LogP contribution in [0.25, 0.3) is 22.0 Å². The van der Waals surface area contributed by atoms with Gasteiger partial charge in [0.05, 0.1) is 33.2 Å². The molecule has 5 aromatic rings. The summed E-state index contributed by atoms with van der Waals surface area (Å²) in [5.74, 6) is -3.85. The van der Waals surface area contributed by atoms with Gasteiger partial charge >= 0.3 is 6.18 Å². The Morgan fingerprint density at radius 3 is 2.35 bits per heavy atom. The molecular weight excluding hydrogens is 863 g/mol. The van der Waals surface area contributed by atoms with Gasteiger partial charge < -0.3 is 4.90 Å². The van der Waals surface area contributed by atoms with Gasteiger partial charge in [0.1, 0.15) is 29.6 Å². The Balaban J connectivity index is 1.26. The van der Waals surface area contributed by atoms with Gasteiger partial charge in [-0.15, -0.1) is 0 Å². The Hall–Kier alpha value is -4.83. The van der Waals surface area contributed by atoms with E-state index in [-0.39, 0.29) is 46.6 Å². The lowest BCUT2D eigenvalue weighted by atomic mass is 9.86. The van der Waals surface area contributed by atoms with Crippen molar-refractivity contribution in [1.29, 1.82) is 0 Å². The average Bonchev–Trinajstić information content (AvgIpc) is 3.67. The van der Waals surface area contributed by atoms with Crippen molar-refractivity contribution in [2.45, 2.75) is 80.9 Å². The molecular formula is C43H41ClF7N7O3S. The summed E-state index contributed by atoms with van der Waals surface area (Å²) in [5.41, 5.74) is -1.81. The standard InChI is InChI=1S/C43H41ClF7N7O3S/c1-41(2,53-27-18-56(3)19-27)11-10-26-6-7-29(30-8-9-33(44)36-34(21-62(5,60)61)54-57(4)38(30)36)37(52-26)23(12-22-13-24(45)16-25(46)14-22)15-28(59)20-58-40-35(39(55-58)43(49,50)51)31-17-32(31)42(40,47)48/h6-9,13-14,16,23,27,31-32,53H,12,15,17-21H2,1-5H3/t23-,31+,32-/m1/s1. The number of halogens is 8. The first kappa shape index (κ1) is 43.8. The lowest BCUT2D eigenvalue weighted by Gasteiger charge is -2.40. The van der Waals surface area contributed by atoms with Crippen LogP contribution in [-0.2, 0) is 52.5 Å². The van der Waals surface area contributed by atoms with Gasteiger partial charge in [-0.05, 0) is 81.5 Å². The van der Waals surface area contributed by atoms with Crippen molar-refractivity contribution in [2.75, 3.05) is 26.4 Å². The molecule has 0 radical (unpaired) electrons. The number of nitrogens with zero attached hydrogens (tertiary/aromatic N) is 6. The van der Waals surface area contributed by atoms with Crippen LogP contribution in [0.2, 0.25) is 5.02 Å². The van der Waals surface area contributed by atoms with Gasteiger partial charge in [-0.25, -0.2) is 22.2 Å². The van der Waals surface area contributed by atoms with Crippen molar-refractivity contribution in [1.82, 2.24) is 34.8 Å². The molecule has 1 saturated carbocycles. The number of benzene rings is 2. The topological polar surface area (TPSA) is 115 Å². The number of sulfone groups is 1. The maximum Gasteiger partial charge on any atom is 0.435 e. The summed E-state index contributed by atoms with van der Waals surface area (Å²) < 4.78 is 130. The lowest BCUT2D eigenvalue weighted by molar-refractivity contribution is -0.142. The number of hydrogen-bond acceptors (Lipinski definition) is 8. The molecule has 19 heteroatoms. The van der Waals surface area contributed by atoms with Crippen molar-refractivity contribution < 1.29 is 43.9 Å². The van der Waals surface area contributed by atoms with E-state index in [1.807, 2.05) is 20.9 Å². The number of pyridine rings is 1. The molecule has 1 saturated heterocycles. The summed E-state index contributed by atoms with van der Waals surface area (Å²) >= 11 is 6.68. The SMILES string of the molecule is CN1CC(NC(C)(C)C#Cc2ccc(-c3ccc(Cl)c4c(CS(C)(=O)=O)nn(C)c34)c([C@@H](CC(=O)Cn3nc(C(F)(F)F)c4c3C(F)(F)[C@@H]3C[C@H]43)Cc3cc(F)cc(F)c3)n2)C1. The van der Waals surface area contributed by atoms with Crippen LogP contribution in [0.3, 0.4) is 0 Å². The van der Waals surface area contributed by atoms with Crippen molar-refractivity contribution in [3.05, 3.63) is 98.7 Å². The van der Waals surface area contributed by atoms with Crippen molar-refractivity contribution in [3.63, 3.8) is 0 Å². The fourth-order valence-corrected chi connectivity index (χ4v) is 10.0. The van der Waals surface area contributed by atoms with Crippen molar-refractivity contribution in [3.8, 4) is 23.0 Å². The molecule has 8 rings (SSSR count). The van der Waals surface area contributed by atoms with E-state index in [0.29, 0.717) is 32.8 Å². The zero-order valence-corrected chi connectivity index (χ0v) is 35.7. The number of ketones is 1. The van der Waals surface area contributed by atoms with Crippen LogP contribution in [0.15, 0.2) is 42.5 Å². The normalized spacial score (nSPS) is 19.2. The van der Waals surface area contributed by atoms with Gasteiger partial charge in [0.2, 0.25) is 0 Å². The molecule has 2 fully saturated rings. The van der Waals surface area contributed by atoms with E-state index >= 15 is 8.78 Å². The molecule has 3 aliphatic rings. The van der Waals surface area contributed by atoms with Gasteiger partial charge in [0, 0.05) is 78.8 Å². The minimum absolute atomic E-state index is 0.100. The molecule has 0 spiro atoms. The maximum absolute atomic E-state index is 15.5. The highest BCUT2D eigenvalue weighted by molar-refractivity contribution is 7.89. The summed E-state index contributed by atoms with van der Waals surface area (Å²) in [6, 6.07) is 9.49. The molecule has 0 unspecified atom stereocenters. The van der Waals surface area contributed by atoms with Crippen molar-refractivity contribution >= 4 is 38.1 Å². The number of aromatic nitrogens is 5. The zero-order valence-electron chi connectivity index (χ0n) is 34.1. The molecule has 2 aromatic carbocycles. The Kier molecular flexibility index (Phi) is 10.9. The molecule has 1 N–H and O–H groups in total. The van der Waals surface area contributed by atoms with Gasteiger partial charge in [-0.1, -0.05) is 23.6 Å². The number of carbonyl (C=O) groups excluding carboxylic acids is 1. The fraction of sp³-hybridized carbons (Fsp3) is 0.442. The van der Waals surface area contributed by atoms with Gasteiger partial charge in [-0.3, -0.25) is 19.5 Å². The summed E-state index contributed by atoms with van der Waals surface area (Å²) in [6.45, 7) is 4.50. The number of likely N-dealkylation sites (N-methyl/N-ethyl adjacent to an activating group) is 1. The van der Waals surface area contributed by atoms with Crippen LogP contribution in [0.1, 0.15) is 78.1 Å². The summed E-state index contributed by atoms with van der Waals surface area (Å²) in [6.07, 6.45) is -4.92. The molecule has 0 amide bonds. The molecule has 1 aliphatic heterocycles. The number of likely N-dealkylation sites (tertiary alicyclic amines) is 1. The molecule has 10 nitrogen and oxygen atoms in total. The fourth-order valence-electron chi connectivity index (χ4n) is 9.04. The first-order chi connectivity index (χ1) is 28.9. The van der Waals surface area contributed by atoms with E-state index in [1.165, 1.54) is 4.68 Å². The smallest absolute Gasteiger partial charge is 0.303 e. The zero-order chi connectivity index (χ0) is 44.8. The predicted molar refractivity (Wildman–Crippen MR) is 217 cm³/mol. The van der Waals surface area contributed by atoms with Crippen LogP contribution >= 0.6 is 11.6 Å². The summed E-state index contributed by atoms with van der Waals surface area (Å²) in [5, 5.41) is 12.0. The van der Waals surface area contributed by atoms with E-state index in [1.54, 1.807) is 31.3 Å². The highest BCUT2D eigenvalue weighted by atomic mass is 35.5. The summed E-state index contributed by atoms with van der Waals surface area (Å²) in [7, 11) is -0.00649. The molecule has 0 bridgehead atoms. The van der Waals surface area contributed by atoms with Gasteiger partial charge in [0.25, 0.3) is 5.92 Å². The second-order valence-corrected chi connectivity index (χ2v) is 19.8. The Morgan fingerprint density at radius 1 is 1.03 bits per heavy atom. The lowest BCUT2D eigenvalue weighted by Crippen LogP contribution is -2.61. The van der Waals surface area contributed by atoms with E-state index in [2.05, 4.69) is 32.3 Å². The molecule has 4 heterocycles. The molecule has 62 heavy (non-hydrogen) atoms. The largest absolute Gasteiger partial charge is 0.435 e. The quantitative estimate of drug-likeness (QED) is 0.101. The maximum atomic E-state index is 15.5. The first-order valence-electron chi connectivity index (χ1n) is 19.7. The number of carbonyl (C=O) groups is 1. The Labute approximate surface area is 357 Å². The average molecular weight is 904 g/mol. The van der Waals surface area contributed by atoms with Crippen LogP contribution in [-0.4, -0.2) is 81.6 Å². The van der Waals surface area contributed by atoms with Gasteiger partial charge in [-0.2, -0.15) is 32.1 Å².